The van der Waals surface area contributed by atoms with E-state index >= 15 is 0 Å². The van der Waals surface area contributed by atoms with Gasteiger partial charge in [0, 0.05) is 48.8 Å². The standard InChI is InChI=1S/C24H25ClN6O2/c1-4-33-22-11-21(29-13-17(22)12-26)15(2)31-7-5-18-19(23(31)32)9-16(10-20(18)25)14-30-8-6-28-24(30)27-3/h6,8-11,13,15H,4-5,7,14H2,1-3H3,(H,27,28). The molecule has 1 unspecified atom stereocenters. The molecule has 170 valence electrons. The maximum atomic E-state index is 13.5. The number of hydrogen-bond acceptors (Lipinski definition) is 6. The molecule has 1 atom stereocenters. The summed E-state index contributed by atoms with van der Waals surface area (Å²) in [6.45, 7) is 5.31. The number of imidazole rings is 1. The van der Waals surface area contributed by atoms with Crippen molar-refractivity contribution in [1.82, 2.24) is 19.4 Å². The molecule has 33 heavy (non-hydrogen) atoms. The van der Waals surface area contributed by atoms with Crippen molar-refractivity contribution in [3.8, 4) is 11.8 Å². The second-order valence-corrected chi connectivity index (χ2v) is 8.21. The molecule has 0 saturated heterocycles. The highest BCUT2D eigenvalue weighted by atomic mass is 35.5. The third-order valence-electron chi connectivity index (χ3n) is 5.84. The minimum absolute atomic E-state index is 0.0870. The van der Waals surface area contributed by atoms with Crippen molar-refractivity contribution in [1.29, 1.82) is 5.26 Å². The predicted molar refractivity (Wildman–Crippen MR) is 126 cm³/mol. The summed E-state index contributed by atoms with van der Waals surface area (Å²) in [6.07, 6.45) is 5.76. The largest absolute Gasteiger partial charge is 0.492 e. The number of nitrogens with one attached hydrogen (secondary N) is 1. The number of carbonyl (C=O) groups is 1. The Morgan fingerprint density at radius 3 is 2.88 bits per heavy atom. The number of rotatable bonds is 7. The summed E-state index contributed by atoms with van der Waals surface area (Å²) in [4.78, 5) is 24.0. The van der Waals surface area contributed by atoms with Crippen LogP contribution >= 0.6 is 11.6 Å². The minimum atomic E-state index is -0.287. The van der Waals surface area contributed by atoms with E-state index in [1.807, 2.05) is 43.8 Å². The average molecular weight is 465 g/mol. The number of pyridine rings is 1. The Bertz CT molecular complexity index is 1230. The van der Waals surface area contributed by atoms with Crippen molar-refractivity contribution in [2.75, 3.05) is 25.5 Å². The van der Waals surface area contributed by atoms with Gasteiger partial charge in [0.25, 0.3) is 5.91 Å². The number of hydrogen-bond donors (Lipinski definition) is 1. The second-order valence-electron chi connectivity index (χ2n) is 7.81. The molecular weight excluding hydrogens is 440 g/mol. The number of amides is 1. The van der Waals surface area contributed by atoms with E-state index in [2.05, 4.69) is 21.4 Å². The van der Waals surface area contributed by atoms with Gasteiger partial charge in [0.15, 0.2) is 0 Å². The molecule has 0 radical (unpaired) electrons. The van der Waals surface area contributed by atoms with Gasteiger partial charge in [0.2, 0.25) is 5.95 Å². The van der Waals surface area contributed by atoms with Crippen LogP contribution < -0.4 is 10.1 Å². The lowest BCUT2D eigenvalue weighted by Crippen LogP contribution is -2.40. The highest BCUT2D eigenvalue weighted by molar-refractivity contribution is 6.32. The first-order valence-electron chi connectivity index (χ1n) is 10.8. The van der Waals surface area contributed by atoms with Crippen LogP contribution in [0.5, 0.6) is 5.75 Å². The molecule has 0 saturated carbocycles. The Kier molecular flexibility index (Phi) is 6.52. The first-order chi connectivity index (χ1) is 16.0. The summed E-state index contributed by atoms with van der Waals surface area (Å²) in [5.41, 5.74) is 3.45. The number of anilines is 1. The van der Waals surface area contributed by atoms with Crippen molar-refractivity contribution < 1.29 is 9.53 Å². The third-order valence-corrected chi connectivity index (χ3v) is 6.18. The van der Waals surface area contributed by atoms with E-state index in [4.69, 9.17) is 16.3 Å². The van der Waals surface area contributed by atoms with Crippen molar-refractivity contribution >= 4 is 23.5 Å². The van der Waals surface area contributed by atoms with Crippen molar-refractivity contribution in [3.05, 3.63) is 69.8 Å². The first kappa shape index (κ1) is 22.6. The van der Waals surface area contributed by atoms with Crippen LogP contribution in [0.4, 0.5) is 5.95 Å². The maximum Gasteiger partial charge on any atom is 0.254 e. The topological polar surface area (TPSA) is 96.1 Å². The molecule has 3 aromatic rings. The number of aromatic nitrogens is 3. The Morgan fingerprint density at radius 1 is 1.33 bits per heavy atom. The van der Waals surface area contributed by atoms with E-state index in [-0.39, 0.29) is 11.9 Å². The van der Waals surface area contributed by atoms with Crippen LogP contribution in [0.1, 0.15) is 52.6 Å². The van der Waals surface area contributed by atoms with Crippen molar-refractivity contribution in [2.45, 2.75) is 32.9 Å². The highest BCUT2D eigenvalue weighted by Gasteiger charge is 2.31. The van der Waals surface area contributed by atoms with E-state index in [9.17, 15) is 10.1 Å². The molecule has 2 aromatic heterocycles. The van der Waals surface area contributed by atoms with Crippen LogP contribution in [-0.2, 0) is 13.0 Å². The van der Waals surface area contributed by atoms with Crippen LogP contribution in [0.25, 0.3) is 0 Å². The molecule has 1 N–H and O–H groups in total. The van der Waals surface area contributed by atoms with Gasteiger partial charge in [-0.15, -0.1) is 0 Å². The summed E-state index contributed by atoms with van der Waals surface area (Å²) in [5, 5.41) is 12.9. The smallest absolute Gasteiger partial charge is 0.254 e. The van der Waals surface area contributed by atoms with Crippen LogP contribution in [0.15, 0.2) is 36.8 Å². The van der Waals surface area contributed by atoms with E-state index < -0.39 is 0 Å². The summed E-state index contributed by atoms with van der Waals surface area (Å²) >= 11 is 6.59. The van der Waals surface area contributed by atoms with Crippen LogP contribution in [0.3, 0.4) is 0 Å². The number of fused-ring (bicyclic) bond motifs is 1. The predicted octanol–water partition coefficient (Wildman–Crippen LogP) is 4.05. The summed E-state index contributed by atoms with van der Waals surface area (Å²) in [5.74, 6) is 1.13. The van der Waals surface area contributed by atoms with Crippen molar-refractivity contribution in [3.63, 3.8) is 0 Å². The molecule has 1 aliphatic rings. The zero-order chi connectivity index (χ0) is 23.5. The van der Waals surface area contributed by atoms with E-state index in [0.717, 1.165) is 17.1 Å². The Morgan fingerprint density at radius 2 is 2.15 bits per heavy atom. The van der Waals surface area contributed by atoms with Gasteiger partial charge >= 0.3 is 0 Å². The molecule has 1 aliphatic heterocycles. The fourth-order valence-corrected chi connectivity index (χ4v) is 4.48. The second kappa shape index (κ2) is 9.51. The number of carbonyl (C=O) groups excluding carboxylic acids is 1. The molecule has 0 fully saturated rings. The van der Waals surface area contributed by atoms with Gasteiger partial charge in [-0.25, -0.2) is 4.98 Å². The summed E-state index contributed by atoms with van der Waals surface area (Å²) < 4.78 is 7.55. The number of halogens is 1. The van der Waals surface area contributed by atoms with Gasteiger partial charge in [-0.3, -0.25) is 9.78 Å². The molecule has 9 heteroatoms. The maximum absolute atomic E-state index is 13.5. The van der Waals surface area contributed by atoms with Crippen LogP contribution in [0, 0.1) is 11.3 Å². The molecule has 8 nitrogen and oxygen atoms in total. The summed E-state index contributed by atoms with van der Waals surface area (Å²) in [7, 11) is 1.82. The number of ether oxygens (including phenoxy) is 1. The summed E-state index contributed by atoms with van der Waals surface area (Å²) in [6, 6.07) is 7.39. The first-order valence-corrected chi connectivity index (χ1v) is 11.2. The van der Waals surface area contributed by atoms with E-state index in [1.54, 1.807) is 17.2 Å². The molecule has 0 spiro atoms. The van der Waals surface area contributed by atoms with Gasteiger partial charge in [-0.05, 0) is 43.5 Å². The molecule has 1 aromatic carbocycles. The SMILES string of the molecule is CCOc1cc(C(C)N2CCc3c(Cl)cc(Cn4ccnc4NC)cc3C2=O)ncc1C#N. The van der Waals surface area contributed by atoms with Crippen LogP contribution in [-0.4, -0.2) is 45.5 Å². The van der Waals surface area contributed by atoms with Gasteiger partial charge < -0.3 is 19.5 Å². The number of nitrogens with zero attached hydrogens (tertiary/aromatic N) is 5. The van der Waals surface area contributed by atoms with Gasteiger partial charge in [-0.1, -0.05) is 11.6 Å². The highest BCUT2D eigenvalue weighted by Crippen LogP contribution is 2.33. The van der Waals surface area contributed by atoms with Crippen LogP contribution in [0.2, 0.25) is 5.02 Å². The van der Waals surface area contributed by atoms with Gasteiger partial charge in [0.05, 0.1) is 24.9 Å². The molecule has 0 aliphatic carbocycles. The van der Waals surface area contributed by atoms with E-state index in [1.165, 1.54) is 6.20 Å². The fraction of sp³-hybridized carbons (Fsp3) is 0.333. The third kappa shape index (κ3) is 4.37. The zero-order valence-electron chi connectivity index (χ0n) is 18.8. The van der Waals surface area contributed by atoms with Gasteiger partial charge in [0.1, 0.15) is 17.4 Å². The number of nitriles is 1. The van der Waals surface area contributed by atoms with Gasteiger partial charge in [-0.2, -0.15) is 5.26 Å². The Labute approximate surface area is 197 Å². The molecular formula is C24H25ClN6O2. The lowest BCUT2D eigenvalue weighted by atomic mass is 9.95. The lowest BCUT2D eigenvalue weighted by Gasteiger charge is -2.34. The monoisotopic (exact) mass is 464 g/mol. The quantitative estimate of drug-likeness (QED) is 0.566. The normalized spacial score (nSPS) is 13.9. The lowest BCUT2D eigenvalue weighted by molar-refractivity contribution is 0.0668. The molecule has 0 bridgehead atoms. The molecule has 4 rings (SSSR count). The minimum Gasteiger partial charge on any atom is -0.492 e. The Balaban J connectivity index is 1.63. The average Bonchev–Trinajstić information content (AvgIpc) is 3.26. The fourth-order valence-electron chi connectivity index (χ4n) is 4.15. The zero-order valence-corrected chi connectivity index (χ0v) is 19.6. The Hall–Kier alpha value is -3.57. The number of benzene rings is 1. The molecule has 3 heterocycles. The van der Waals surface area contributed by atoms with E-state index in [0.29, 0.717) is 53.7 Å². The van der Waals surface area contributed by atoms with Crippen molar-refractivity contribution in [2.24, 2.45) is 0 Å². The molecule has 1 amide bonds.